The third-order valence-electron chi connectivity index (χ3n) is 5.83. The Morgan fingerprint density at radius 3 is 2.67 bits per heavy atom. The number of nitrogens with one attached hydrogen (secondary N) is 1. The maximum atomic E-state index is 12.7. The number of rotatable bonds is 7. The zero-order valence-electron chi connectivity index (χ0n) is 17.7. The van der Waals surface area contributed by atoms with Crippen molar-refractivity contribution in [1.82, 2.24) is 10.2 Å². The van der Waals surface area contributed by atoms with Crippen LogP contribution in [0, 0.1) is 10.1 Å². The molecular formula is C23H23N3O7. The molecule has 2 N–H and O–H groups in total. The Bertz CT molecular complexity index is 1110. The zero-order chi connectivity index (χ0) is 23.5. The molecule has 2 aromatic rings. The number of nitro groups is 1. The number of amides is 3. The van der Waals surface area contributed by atoms with Gasteiger partial charge in [0.15, 0.2) is 11.5 Å². The van der Waals surface area contributed by atoms with Gasteiger partial charge in [-0.1, -0.05) is 12.1 Å². The number of ether oxygens (including phenoxy) is 1. The van der Waals surface area contributed by atoms with Gasteiger partial charge in [0.05, 0.1) is 24.0 Å². The van der Waals surface area contributed by atoms with Crippen LogP contribution in [0.25, 0.3) is 0 Å². The molecule has 33 heavy (non-hydrogen) atoms. The summed E-state index contributed by atoms with van der Waals surface area (Å²) in [6.45, 7) is -0.121. The first-order valence-corrected chi connectivity index (χ1v) is 10.7. The number of likely N-dealkylation sites (tertiary alicyclic amines) is 1. The van der Waals surface area contributed by atoms with E-state index in [-0.39, 0.29) is 41.8 Å². The molecule has 1 saturated carbocycles. The topological polar surface area (TPSA) is 139 Å². The van der Waals surface area contributed by atoms with Crippen LogP contribution in [0.15, 0.2) is 42.5 Å². The van der Waals surface area contributed by atoms with Crippen LogP contribution < -0.4 is 10.1 Å². The molecule has 4 rings (SSSR count). The van der Waals surface area contributed by atoms with Crippen LogP contribution >= 0.6 is 0 Å². The van der Waals surface area contributed by atoms with Gasteiger partial charge in [0.25, 0.3) is 17.5 Å². The number of imide groups is 1. The summed E-state index contributed by atoms with van der Waals surface area (Å²) in [7, 11) is 0. The highest BCUT2D eigenvalue weighted by Crippen LogP contribution is 2.31. The van der Waals surface area contributed by atoms with Crippen LogP contribution in [0.3, 0.4) is 0 Å². The molecule has 3 amide bonds. The molecule has 2 aliphatic rings. The summed E-state index contributed by atoms with van der Waals surface area (Å²) in [6, 6.07) is 8.83. The number of hydrogen-bond acceptors (Lipinski definition) is 7. The van der Waals surface area contributed by atoms with Crippen molar-refractivity contribution in [3.05, 3.63) is 63.7 Å². The fourth-order valence-electron chi connectivity index (χ4n) is 4.09. The number of non-ortho nitro benzene ring substituents is 1. The van der Waals surface area contributed by atoms with E-state index >= 15 is 0 Å². The van der Waals surface area contributed by atoms with E-state index in [9.17, 15) is 29.6 Å². The van der Waals surface area contributed by atoms with Gasteiger partial charge < -0.3 is 15.2 Å². The molecule has 2 fully saturated rings. The number of carbonyl (C=O) groups excluding carboxylic acids is 3. The Kier molecular flexibility index (Phi) is 6.25. The van der Waals surface area contributed by atoms with Crippen molar-refractivity contribution < 1.29 is 29.2 Å². The van der Waals surface area contributed by atoms with Crippen LogP contribution in [0.5, 0.6) is 11.5 Å². The lowest BCUT2D eigenvalue weighted by atomic mass is 10.1. The second-order valence-corrected chi connectivity index (χ2v) is 8.18. The van der Waals surface area contributed by atoms with Crippen LogP contribution in [0.4, 0.5) is 5.69 Å². The molecule has 1 atom stereocenters. The maximum Gasteiger partial charge on any atom is 0.269 e. The summed E-state index contributed by atoms with van der Waals surface area (Å²) in [5, 5.41) is 23.6. The van der Waals surface area contributed by atoms with Gasteiger partial charge in [-0.2, -0.15) is 0 Å². The lowest BCUT2D eigenvalue weighted by Gasteiger charge is -2.17. The first-order valence-electron chi connectivity index (χ1n) is 10.7. The molecule has 1 aliphatic heterocycles. The molecule has 1 aliphatic carbocycles. The minimum Gasteiger partial charge on any atom is -0.504 e. The highest BCUT2D eigenvalue weighted by atomic mass is 16.6. The fourth-order valence-corrected chi connectivity index (χ4v) is 4.09. The van der Waals surface area contributed by atoms with E-state index in [0.29, 0.717) is 5.56 Å². The molecule has 172 valence electrons. The number of nitrogens with zero attached hydrogens (tertiary/aromatic N) is 2. The van der Waals surface area contributed by atoms with Crippen LogP contribution in [0.2, 0.25) is 0 Å². The van der Waals surface area contributed by atoms with Gasteiger partial charge in [-0.3, -0.25) is 29.4 Å². The second-order valence-electron chi connectivity index (χ2n) is 8.18. The molecular weight excluding hydrogens is 430 g/mol. The van der Waals surface area contributed by atoms with Gasteiger partial charge in [0, 0.05) is 17.7 Å². The Hall–Kier alpha value is -3.95. The van der Waals surface area contributed by atoms with Crippen molar-refractivity contribution in [1.29, 1.82) is 0 Å². The van der Waals surface area contributed by atoms with Crippen molar-refractivity contribution in [2.45, 2.75) is 50.8 Å². The number of phenols is 1. The van der Waals surface area contributed by atoms with Crippen LogP contribution in [-0.4, -0.2) is 44.8 Å². The van der Waals surface area contributed by atoms with Crippen LogP contribution in [0.1, 0.15) is 48.0 Å². The van der Waals surface area contributed by atoms with Gasteiger partial charge in [-0.15, -0.1) is 0 Å². The van der Waals surface area contributed by atoms with Gasteiger partial charge in [-0.05, 0) is 49.4 Å². The highest BCUT2D eigenvalue weighted by molar-refractivity contribution is 6.08. The van der Waals surface area contributed by atoms with Crippen molar-refractivity contribution in [3.63, 3.8) is 0 Å². The third-order valence-corrected chi connectivity index (χ3v) is 5.83. The summed E-state index contributed by atoms with van der Waals surface area (Å²) in [6.07, 6.45) is 3.66. The van der Waals surface area contributed by atoms with Crippen molar-refractivity contribution in [3.8, 4) is 11.5 Å². The monoisotopic (exact) mass is 453 g/mol. The smallest absolute Gasteiger partial charge is 0.269 e. The molecule has 0 spiro atoms. The van der Waals surface area contributed by atoms with E-state index in [1.165, 1.54) is 36.4 Å². The van der Waals surface area contributed by atoms with E-state index in [1.54, 1.807) is 6.07 Å². The van der Waals surface area contributed by atoms with Crippen molar-refractivity contribution >= 4 is 23.4 Å². The lowest BCUT2D eigenvalue weighted by Crippen LogP contribution is -2.41. The normalized spacial score (nSPS) is 18.5. The second kappa shape index (κ2) is 9.27. The molecule has 1 saturated heterocycles. The van der Waals surface area contributed by atoms with Gasteiger partial charge >= 0.3 is 0 Å². The van der Waals surface area contributed by atoms with Gasteiger partial charge in [0.2, 0.25) is 5.91 Å². The lowest BCUT2D eigenvalue weighted by molar-refractivity contribution is -0.384. The Balaban J connectivity index is 1.42. The van der Waals surface area contributed by atoms with Crippen molar-refractivity contribution in [2.75, 3.05) is 0 Å². The Labute approximate surface area is 189 Å². The number of aromatic hydroxyl groups is 1. The van der Waals surface area contributed by atoms with E-state index in [0.717, 1.165) is 30.6 Å². The quantitative estimate of drug-likeness (QED) is 0.373. The number of carbonyl (C=O) groups is 3. The minimum absolute atomic E-state index is 0.00869. The van der Waals surface area contributed by atoms with E-state index in [1.807, 2.05) is 0 Å². The van der Waals surface area contributed by atoms with Crippen LogP contribution in [-0.2, 0) is 16.1 Å². The predicted molar refractivity (Wildman–Crippen MR) is 116 cm³/mol. The summed E-state index contributed by atoms with van der Waals surface area (Å²) in [5.74, 6) is -1.51. The highest BCUT2D eigenvalue weighted by Gasteiger charge is 2.39. The SMILES string of the molecule is O=C(N[C@H]1CC(=O)N(Cc2cccc([N+](=O)[O-])c2)C1=O)c1ccc(O)c(OC2CCCC2)c1. The largest absolute Gasteiger partial charge is 0.504 e. The molecule has 10 nitrogen and oxygen atoms in total. The van der Waals surface area contributed by atoms with Gasteiger partial charge in [-0.25, -0.2) is 0 Å². The maximum absolute atomic E-state index is 12.7. The number of hydrogen-bond donors (Lipinski definition) is 2. The Morgan fingerprint density at radius 2 is 1.94 bits per heavy atom. The first-order chi connectivity index (χ1) is 15.8. The Morgan fingerprint density at radius 1 is 1.18 bits per heavy atom. The van der Waals surface area contributed by atoms with E-state index in [2.05, 4.69) is 5.32 Å². The predicted octanol–water partition coefficient (Wildman–Crippen LogP) is 2.68. The van der Waals surface area contributed by atoms with E-state index in [4.69, 9.17) is 4.74 Å². The average molecular weight is 453 g/mol. The average Bonchev–Trinajstić information content (AvgIpc) is 3.39. The van der Waals surface area contributed by atoms with Gasteiger partial charge in [0.1, 0.15) is 6.04 Å². The molecule has 0 aromatic heterocycles. The first kappa shape index (κ1) is 22.3. The molecule has 0 unspecified atom stereocenters. The number of benzene rings is 2. The van der Waals surface area contributed by atoms with E-state index < -0.39 is 28.7 Å². The summed E-state index contributed by atoms with van der Waals surface area (Å²) in [5.41, 5.74) is 0.489. The number of phenolic OH excluding ortho intramolecular Hbond substituents is 1. The van der Waals surface area contributed by atoms with Crippen molar-refractivity contribution in [2.24, 2.45) is 0 Å². The summed E-state index contributed by atoms with van der Waals surface area (Å²) >= 11 is 0. The zero-order valence-corrected chi connectivity index (χ0v) is 17.7. The summed E-state index contributed by atoms with van der Waals surface area (Å²) in [4.78, 5) is 49.3. The third kappa shape index (κ3) is 4.94. The molecule has 1 heterocycles. The standard InChI is InChI=1S/C23H23N3O7/c27-19-9-8-15(11-20(19)33-17-6-1-2-7-17)22(29)24-18-12-21(28)25(23(18)30)13-14-4-3-5-16(10-14)26(31)32/h3-5,8-11,17-18,27H,1-2,6-7,12-13H2,(H,24,29)/t18-/m0/s1. The molecule has 2 aromatic carbocycles. The molecule has 10 heteroatoms. The molecule has 0 bridgehead atoms. The molecule has 0 radical (unpaired) electrons. The minimum atomic E-state index is -1.04. The summed E-state index contributed by atoms with van der Waals surface area (Å²) < 4.78 is 5.81. The number of nitro benzene ring substituents is 1. The fraction of sp³-hybridized carbons (Fsp3) is 0.348.